The lowest BCUT2D eigenvalue weighted by Crippen LogP contribution is -2.39. The third kappa shape index (κ3) is 5.39. The van der Waals surface area contributed by atoms with E-state index < -0.39 is 0 Å². The molecule has 1 fully saturated rings. The van der Waals surface area contributed by atoms with Crippen LogP contribution in [-0.4, -0.2) is 25.3 Å². The van der Waals surface area contributed by atoms with Crippen molar-refractivity contribution < 1.29 is 4.74 Å². The fourth-order valence-corrected chi connectivity index (χ4v) is 3.60. The van der Waals surface area contributed by atoms with E-state index in [1.807, 2.05) is 0 Å². The lowest BCUT2D eigenvalue weighted by Gasteiger charge is -2.37. The molecule has 1 atom stereocenters. The fraction of sp³-hybridized carbons (Fsp3) is 0.667. The molecule has 118 valence electrons. The van der Waals surface area contributed by atoms with E-state index in [1.165, 1.54) is 35.7 Å². The molecule has 1 aromatic carbocycles. The summed E-state index contributed by atoms with van der Waals surface area (Å²) in [5.41, 5.74) is 1.41. The van der Waals surface area contributed by atoms with Crippen LogP contribution >= 0.6 is 15.9 Å². The Labute approximate surface area is 137 Å². The SMILES string of the molecule is CCCNC(Cc1ccccc1Br)CC1CC(OCC)C1. The van der Waals surface area contributed by atoms with Gasteiger partial charge in [-0.2, -0.15) is 0 Å². The van der Waals surface area contributed by atoms with E-state index in [4.69, 9.17) is 4.74 Å². The lowest BCUT2D eigenvalue weighted by atomic mass is 9.77. The number of rotatable bonds is 9. The van der Waals surface area contributed by atoms with Gasteiger partial charge in [-0.25, -0.2) is 0 Å². The van der Waals surface area contributed by atoms with Crippen LogP contribution < -0.4 is 5.32 Å². The number of ether oxygens (including phenoxy) is 1. The molecule has 1 aliphatic carbocycles. The number of hydrogen-bond donors (Lipinski definition) is 1. The second kappa shape index (κ2) is 8.92. The van der Waals surface area contributed by atoms with Crippen LogP contribution in [0.2, 0.25) is 0 Å². The van der Waals surface area contributed by atoms with Crippen molar-refractivity contribution in [2.75, 3.05) is 13.2 Å². The summed E-state index contributed by atoms with van der Waals surface area (Å²) in [6.07, 6.45) is 6.58. The normalized spacial score (nSPS) is 22.8. The third-order valence-electron chi connectivity index (χ3n) is 4.32. The van der Waals surface area contributed by atoms with Gasteiger partial charge < -0.3 is 10.1 Å². The quantitative estimate of drug-likeness (QED) is 0.702. The number of halogens is 1. The van der Waals surface area contributed by atoms with Crippen molar-refractivity contribution in [3.05, 3.63) is 34.3 Å². The largest absolute Gasteiger partial charge is 0.378 e. The van der Waals surface area contributed by atoms with Gasteiger partial charge in [-0.05, 0) is 63.1 Å². The van der Waals surface area contributed by atoms with E-state index in [2.05, 4.69) is 59.4 Å². The molecule has 2 nitrogen and oxygen atoms in total. The highest BCUT2D eigenvalue weighted by Gasteiger charge is 2.31. The zero-order chi connectivity index (χ0) is 15.1. The van der Waals surface area contributed by atoms with Gasteiger partial charge in [-0.1, -0.05) is 41.1 Å². The summed E-state index contributed by atoms with van der Waals surface area (Å²) in [6, 6.07) is 9.16. The van der Waals surface area contributed by atoms with Gasteiger partial charge in [0.15, 0.2) is 0 Å². The number of hydrogen-bond acceptors (Lipinski definition) is 2. The molecule has 0 bridgehead atoms. The van der Waals surface area contributed by atoms with Gasteiger partial charge >= 0.3 is 0 Å². The highest BCUT2D eigenvalue weighted by molar-refractivity contribution is 9.10. The molecule has 2 rings (SSSR count). The highest BCUT2D eigenvalue weighted by Crippen LogP contribution is 2.34. The minimum Gasteiger partial charge on any atom is -0.378 e. The van der Waals surface area contributed by atoms with Gasteiger partial charge in [0.25, 0.3) is 0 Å². The summed E-state index contributed by atoms with van der Waals surface area (Å²) in [4.78, 5) is 0. The summed E-state index contributed by atoms with van der Waals surface area (Å²) in [7, 11) is 0. The van der Waals surface area contributed by atoms with Crippen LogP contribution in [0.15, 0.2) is 28.7 Å². The summed E-state index contributed by atoms with van der Waals surface area (Å²) < 4.78 is 6.91. The molecular formula is C18H28BrNO. The Kier molecular flexibility index (Phi) is 7.21. The molecular weight excluding hydrogens is 326 g/mol. The van der Waals surface area contributed by atoms with Crippen LogP contribution in [0, 0.1) is 5.92 Å². The molecule has 1 N–H and O–H groups in total. The molecule has 3 heteroatoms. The van der Waals surface area contributed by atoms with Crippen LogP contribution in [0.25, 0.3) is 0 Å². The van der Waals surface area contributed by atoms with Crippen LogP contribution in [0.4, 0.5) is 0 Å². The Hall–Kier alpha value is -0.380. The Bertz CT molecular complexity index is 417. The zero-order valence-electron chi connectivity index (χ0n) is 13.3. The Morgan fingerprint density at radius 2 is 2.05 bits per heavy atom. The minimum atomic E-state index is 0.523. The van der Waals surface area contributed by atoms with Crippen LogP contribution in [0.3, 0.4) is 0 Å². The van der Waals surface area contributed by atoms with Gasteiger partial charge in [0, 0.05) is 17.1 Å². The van der Waals surface area contributed by atoms with Crippen molar-refractivity contribution in [2.24, 2.45) is 5.92 Å². The topological polar surface area (TPSA) is 21.3 Å². The first kappa shape index (κ1) is 17.0. The lowest BCUT2D eigenvalue weighted by molar-refractivity contribution is -0.0290. The van der Waals surface area contributed by atoms with E-state index >= 15 is 0 Å². The fourth-order valence-electron chi connectivity index (χ4n) is 3.16. The Morgan fingerprint density at radius 1 is 1.29 bits per heavy atom. The standard InChI is InChI=1S/C18H28BrNO/c1-3-9-20-16(10-14-11-17(12-14)21-4-2)13-15-7-5-6-8-18(15)19/h5-8,14,16-17,20H,3-4,9-13H2,1-2H3. The van der Waals surface area contributed by atoms with Crippen molar-refractivity contribution in [2.45, 2.75) is 58.1 Å². The van der Waals surface area contributed by atoms with Gasteiger partial charge in [-0.3, -0.25) is 0 Å². The summed E-state index contributed by atoms with van der Waals surface area (Å²) >= 11 is 3.67. The maximum absolute atomic E-state index is 5.68. The van der Waals surface area contributed by atoms with Gasteiger partial charge in [0.05, 0.1) is 6.10 Å². The van der Waals surface area contributed by atoms with Crippen molar-refractivity contribution in [3.8, 4) is 0 Å². The van der Waals surface area contributed by atoms with Crippen molar-refractivity contribution in [1.82, 2.24) is 5.32 Å². The molecule has 0 saturated heterocycles. The van der Waals surface area contributed by atoms with E-state index in [-0.39, 0.29) is 0 Å². The number of benzene rings is 1. The summed E-state index contributed by atoms with van der Waals surface area (Å²) in [5, 5.41) is 3.73. The molecule has 0 amide bonds. The molecule has 0 aromatic heterocycles. The molecule has 0 aliphatic heterocycles. The first-order valence-electron chi connectivity index (χ1n) is 8.31. The summed E-state index contributed by atoms with van der Waals surface area (Å²) in [6.45, 7) is 6.28. The summed E-state index contributed by atoms with van der Waals surface area (Å²) in [5.74, 6) is 0.832. The maximum atomic E-state index is 5.68. The molecule has 0 heterocycles. The average molecular weight is 354 g/mol. The van der Waals surface area contributed by atoms with Crippen molar-refractivity contribution >= 4 is 15.9 Å². The molecule has 21 heavy (non-hydrogen) atoms. The van der Waals surface area contributed by atoms with Crippen LogP contribution in [0.5, 0.6) is 0 Å². The van der Waals surface area contributed by atoms with Gasteiger partial charge in [0.2, 0.25) is 0 Å². The molecule has 1 unspecified atom stereocenters. The molecule has 0 spiro atoms. The van der Waals surface area contributed by atoms with E-state index in [1.54, 1.807) is 0 Å². The average Bonchev–Trinajstić information content (AvgIpc) is 2.44. The molecule has 1 saturated carbocycles. The molecule has 1 aliphatic rings. The van der Waals surface area contributed by atoms with E-state index in [0.717, 1.165) is 25.5 Å². The Morgan fingerprint density at radius 3 is 2.71 bits per heavy atom. The first-order chi connectivity index (χ1) is 10.2. The Balaban J connectivity index is 1.85. The van der Waals surface area contributed by atoms with Crippen molar-refractivity contribution in [3.63, 3.8) is 0 Å². The maximum Gasteiger partial charge on any atom is 0.0580 e. The zero-order valence-corrected chi connectivity index (χ0v) is 14.9. The smallest absolute Gasteiger partial charge is 0.0580 e. The van der Waals surface area contributed by atoms with Crippen LogP contribution in [-0.2, 0) is 11.2 Å². The van der Waals surface area contributed by atoms with Gasteiger partial charge in [0.1, 0.15) is 0 Å². The number of nitrogens with one attached hydrogen (secondary N) is 1. The third-order valence-corrected chi connectivity index (χ3v) is 5.09. The first-order valence-corrected chi connectivity index (χ1v) is 9.10. The van der Waals surface area contributed by atoms with E-state index in [9.17, 15) is 0 Å². The van der Waals surface area contributed by atoms with Crippen LogP contribution in [0.1, 0.15) is 45.1 Å². The predicted octanol–water partition coefficient (Wildman–Crippen LogP) is 4.57. The van der Waals surface area contributed by atoms with Gasteiger partial charge in [-0.15, -0.1) is 0 Å². The highest BCUT2D eigenvalue weighted by atomic mass is 79.9. The monoisotopic (exact) mass is 353 g/mol. The second-order valence-corrected chi connectivity index (χ2v) is 6.95. The van der Waals surface area contributed by atoms with Crippen molar-refractivity contribution in [1.29, 1.82) is 0 Å². The molecule has 1 aromatic rings. The predicted molar refractivity (Wildman–Crippen MR) is 92.7 cm³/mol. The van der Waals surface area contributed by atoms with E-state index in [0.29, 0.717) is 12.1 Å². The minimum absolute atomic E-state index is 0.523. The molecule has 0 radical (unpaired) electrons. The second-order valence-electron chi connectivity index (χ2n) is 6.10.